The average molecular weight is 226 g/mol. The fourth-order valence-corrected chi connectivity index (χ4v) is 2.17. The van der Waals surface area contributed by atoms with E-state index in [0.29, 0.717) is 12.6 Å². The van der Waals surface area contributed by atoms with Crippen LogP contribution in [0.3, 0.4) is 0 Å². The number of amides is 1. The fourth-order valence-electron chi connectivity index (χ4n) is 2.17. The molecule has 1 rings (SSSR count). The highest BCUT2D eigenvalue weighted by molar-refractivity contribution is 5.77. The van der Waals surface area contributed by atoms with Crippen LogP contribution < -0.4 is 10.6 Å². The molecule has 94 valence electrons. The van der Waals surface area contributed by atoms with Gasteiger partial charge in [-0.25, -0.2) is 0 Å². The number of carbonyl (C=O) groups excluding carboxylic acids is 1. The first-order valence-electron chi connectivity index (χ1n) is 6.72. The van der Waals surface area contributed by atoms with E-state index in [2.05, 4.69) is 24.5 Å². The molecule has 0 saturated heterocycles. The van der Waals surface area contributed by atoms with Crippen LogP contribution in [0.1, 0.15) is 52.4 Å². The molecule has 0 aromatic heterocycles. The quantitative estimate of drug-likeness (QED) is 0.681. The molecule has 1 aliphatic carbocycles. The van der Waals surface area contributed by atoms with Crippen LogP contribution in [0.25, 0.3) is 0 Å². The highest BCUT2D eigenvalue weighted by Crippen LogP contribution is 2.23. The molecule has 0 heterocycles. The van der Waals surface area contributed by atoms with Gasteiger partial charge in [-0.1, -0.05) is 20.3 Å². The van der Waals surface area contributed by atoms with Gasteiger partial charge in [0, 0.05) is 12.6 Å². The largest absolute Gasteiger partial charge is 0.355 e. The molecule has 2 N–H and O–H groups in total. The molecule has 0 aromatic rings. The Kier molecular flexibility index (Phi) is 6.46. The zero-order valence-corrected chi connectivity index (χ0v) is 10.7. The van der Waals surface area contributed by atoms with Crippen LogP contribution in [-0.2, 0) is 4.79 Å². The molecule has 16 heavy (non-hydrogen) atoms. The van der Waals surface area contributed by atoms with Crippen LogP contribution in [0, 0.1) is 5.92 Å². The van der Waals surface area contributed by atoms with Gasteiger partial charge in [0.1, 0.15) is 0 Å². The lowest BCUT2D eigenvalue weighted by molar-refractivity contribution is -0.120. The van der Waals surface area contributed by atoms with Gasteiger partial charge in [-0.2, -0.15) is 0 Å². The molecule has 0 unspecified atom stereocenters. The van der Waals surface area contributed by atoms with Crippen molar-refractivity contribution in [1.29, 1.82) is 0 Å². The molecule has 0 spiro atoms. The lowest BCUT2D eigenvalue weighted by atomic mass is 9.87. The third-order valence-corrected chi connectivity index (χ3v) is 3.42. The summed E-state index contributed by atoms with van der Waals surface area (Å²) >= 11 is 0. The van der Waals surface area contributed by atoms with Crippen LogP contribution in [0.2, 0.25) is 0 Å². The predicted molar refractivity (Wildman–Crippen MR) is 67.3 cm³/mol. The van der Waals surface area contributed by atoms with Crippen molar-refractivity contribution in [3.63, 3.8) is 0 Å². The van der Waals surface area contributed by atoms with E-state index < -0.39 is 0 Å². The second kappa shape index (κ2) is 7.66. The highest BCUT2D eigenvalue weighted by Gasteiger charge is 2.17. The van der Waals surface area contributed by atoms with Crippen LogP contribution in [0.5, 0.6) is 0 Å². The molecule has 1 saturated carbocycles. The third kappa shape index (κ3) is 5.50. The molecule has 0 aromatic carbocycles. The molecule has 1 fully saturated rings. The number of nitrogens with one attached hydrogen (secondary N) is 2. The third-order valence-electron chi connectivity index (χ3n) is 3.42. The maximum atomic E-state index is 11.5. The van der Waals surface area contributed by atoms with Crippen molar-refractivity contribution in [3.8, 4) is 0 Å². The van der Waals surface area contributed by atoms with Crippen molar-refractivity contribution in [1.82, 2.24) is 10.6 Å². The smallest absolute Gasteiger partial charge is 0.233 e. The summed E-state index contributed by atoms with van der Waals surface area (Å²) in [6.07, 6.45) is 7.26. The summed E-state index contributed by atoms with van der Waals surface area (Å²) < 4.78 is 0. The number of rotatable bonds is 6. The van der Waals surface area contributed by atoms with Crippen LogP contribution in [0.4, 0.5) is 0 Å². The molecule has 1 aliphatic rings. The van der Waals surface area contributed by atoms with E-state index in [-0.39, 0.29) is 5.91 Å². The van der Waals surface area contributed by atoms with Gasteiger partial charge in [0.2, 0.25) is 5.91 Å². The molecule has 0 atom stereocenters. The molecule has 0 aliphatic heterocycles. The SMILES string of the molecule is CCCCNC(=O)CNC1CCC(C)CC1. The fraction of sp³-hybridized carbons (Fsp3) is 0.923. The zero-order valence-electron chi connectivity index (χ0n) is 10.7. The van der Waals surface area contributed by atoms with Gasteiger partial charge in [-0.15, -0.1) is 0 Å². The minimum absolute atomic E-state index is 0.145. The van der Waals surface area contributed by atoms with E-state index in [9.17, 15) is 4.79 Å². The Morgan fingerprint density at radius 3 is 2.56 bits per heavy atom. The van der Waals surface area contributed by atoms with Gasteiger partial charge < -0.3 is 10.6 Å². The normalized spacial score (nSPS) is 25.4. The van der Waals surface area contributed by atoms with E-state index in [1.165, 1.54) is 25.7 Å². The van der Waals surface area contributed by atoms with Gasteiger partial charge in [-0.3, -0.25) is 4.79 Å². The molecule has 1 amide bonds. The lowest BCUT2D eigenvalue weighted by Crippen LogP contribution is -2.40. The van der Waals surface area contributed by atoms with Gasteiger partial charge in [0.05, 0.1) is 6.54 Å². The number of hydrogen-bond donors (Lipinski definition) is 2. The van der Waals surface area contributed by atoms with E-state index in [0.717, 1.165) is 25.3 Å². The number of carbonyl (C=O) groups is 1. The van der Waals surface area contributed by atoms with Crippen molar-refractivity contribution in [2.75, 3.05) is 13.1 Å². The Balaban J connectivity index is 2.03. The first-order chi connectivity index (χ1) is 7.72. The van der Waals surface area contributed by atoms with E-state index in [1.54, 1.807) is 0 Å². The Bertz CT molecular complexity index is 198. The second-order valence-corrected chi connectivity index (χ2v) is 5.04. The molecule has 0 radical (unpaired) electrons. The predicted octanol–water partition coefficient (Wildman–Crippen LogP) is 2.07. The minimum atomic E-state index is 0.145. The average Bonchev–Trinajstić information content (AvgIpc) is 2.29. The van der Waals surface area contributed by atoms with Crippen molar-refractivity contribution in [2.45, 2.75) is 58.4 Å². The van der Waals surface area contributed by atoms with Crippen molar-refractivity contribution in [3.05, 3.63) is 0 Å². The second-order valence-electron chi connectivity index (χ2n) is 5.04. The monoisotopic (exact) mass is 226 g/mol. The lowest BCUT2D eigenvalue weighted by Gasteiger charge is -2.26. The van der Waals surface area contributed by atoms with Gasteiger partial charge >= 0.3 is 0 Å². The van der Waals surface area contributed by atoms with Crippen molar-refractivity contribution >= 4 is 5.91 Å². The topological polar surface area (TPSA) is 41.1 Å². The maximum Gasteiger partial charge on any atom is 0.233 e. The summed E-state index contributed by atoms with van der Waals surface area (Å²) in [5, 5.41) is 6.29. The molecular weight excluding hydrogens is 200 g/mol. The minimum Gasteiger partial charge on any atom is -0.355 e. The van der Waals surface area contributed by atoms with Crippen molar-refractivity contribution in [2.24, 2.45) is 5.92 Å². The summed E-state index contributed by atoms with van der Waals surface area (Å²) in [5.41, 5.74) is 0. The Hall–Kier alpha value is -0.570. The first-order valence-corrected chi connectivity index (χ1v) is 6.72. The zero-order chi connectivity index (χ0) is 11.8. The summed E-state index contributed by atoms with van der Waals surface area (Å²) in [6.45, 7) is 5.75. The summed E-state index contributed by atoms with van der Waals surface area (Å²) in [4.78, 5) is 11.5. The number of hydrogen-bond acceptors (Lipinski definition) is 2. The molecule has 3 nitrogen and oxygen atoms in total. The van der Waals surface area contributed by atoms with E-state index >= 15 is 0 Å². The van der Waals surface area contributed by atoms with Gasteiger partial charge in [0.15, 0.2) is 0 Å². The van der Waals surface area contributed by atoms with E-state index in [4.69, 9.17) is 0 Å². The van der Waals surface area contributed by atoms with Crippen molar-refractivity contribution < 1.29 is 4.79 Å². The maximum absolute atomic E-state index is 11.5. The van der Waals surface area contributed by atoms with Crippen LogP contribution >= 0.6 is 0 Å². The molecule has 3 heteroatoms. The summed E-state index contributed by atoms with van der Waals surface area (Å²) in [7, 11) is 0. The van der Waals surface area contributed by atoms with Crippen LogP contribution in [-0.4, -0.2) is 25.0 Å². The standard InChI is InChI=1S/C13H26N2O/c1-3-4-9-14-13(16)10-15-12-7-5-11(2)6-8-12/h11-12,15H,3-10H2,1-2H3,(H,14,16). The summed E-state index contributed by atoms with van der Waals surface area (Å²) in [5.74, 6) is 1.02. The van der Waals surface area contributed by atoms with Gasteiger partial charge in [0.25, 0.3) is 0 Å². The molecule has 0 bridgehead atoms. The highest BCUT2D eigenvalue weighted by atomic mass is 16.1. The molecular formula is C13H26N2O. The summed E-state index contributed by atoms with van der Waals surface area (Å²) in [6, 6.07) is 0.563. The number of unbranched alkanes of at least 4 members (excludes halogenated alkanes) is 1. The van der Waals surface area contributed by atoms with Crippen LogP contribution in [0.15, 0.2) is 0 Å². The Morgan fingerprint density at radius 1 is 1.25 bits per heavy atom. The Labute approximate surface area is 99.4 Å². The first kappa shape index (κ1) is 13.5. The Morgan fingerprint density at radius 2 is 1.94 bits per heavy atom. The van der Waals surface area contributed by atoms with E-state index in [1.807, 2.05) is 0 Å². The van der Waals surface area contributed by atoms with Gasteiger partial charge in [-0.05, 0) is 38.0 Å².